The summed E-state index contributed by atoms with van der Waals surface area (Å²) < 4.78 is 13.2. The quantitative estimate of drug-likeness (QED) is 0.726. The number of pyridine rings is 2. The zero-order chi connectivity index (χ0) is 14.1. The number of fused-ring (bicyclic) bond motifs is 1. The molecule has 0 aliphatic heterocycles. The number of anilines is 2. The molecule has 1 amide bonds. The number of hydrogen-bond acceptors (Lipinski definition) is 5. The van der Waals surface area contributed by atoms with Gasteiger partial charge in [-0.25, -0.2) is 9.97 Å². The molecule has 0 spiro atoms. The monoisotopic (exact) mass is 288 g/mol. The Bertz CT molecular complexity index is 802. The summed E-state index contributed by atoms with van der Waals surface area (Å²) in [5.41, 5.74) is 6.10. The summed E-state index contributed by atoms with van der Waals surface area (Å²) >= 11 is 1.44. The number of nitrogens with two attached hydrogens (primary N) is 1. The Labute approximate surface area is 117 Å². The molecule has 0 bridgehead atoms. The lowest BCUT2D eigenvalue weighted by Gasteiger charge is -2.08. The molecule has 5 nitrogen and oxygen atoms in total. The fraction of sp³-hybridized carbons (Fsp3) is 0. The van der Waals surface area contributed by atoms with E-state index in [1.807, 2.05) is 11.4 Å². The highest BCUT2D eigenvalue weighted by Crippen LogP contribution is 2.31. The van der Waals surface area contributed by atoms with E-state index in [1.165, 1.54) is 17.4 Å². The number of nitrogens with zero attached hydrogens (tertiary/aromatic N) is 2. The molecule has 0 radical (unpaired) electrons. The molecule has 0 aromatic carbocycles. The summed E-state index contributed by atoms with van der Waals surface area (Å²) in [4.78, 5) is 20.1. The van der Waals surface area contributed by atoms with Gasteiger partial charge in [-0.15, -0.1) is 11.3 Å². The van der Waals surface area contributed by atoms with Crippen molar-refractivity contribution in [2.45, 2.75) is 0 Å². The van der Waals surface area contributed by atoms with Gasteiger partial charge in [0.05, 0.1) is 11.3 Å². The summed E-state index contributed by atoms with van der Waals surface area (Å²) in [6, 6.07) is 6.08. The van der Waals surface area contributed by atoms with Crippen LogP contribution >= 0.6 is 11.3 Å². The summed E-state index contributed by atoms with van der Waals surface area (Å²) in [6.07, 6.45) is 1.69. The highest BCUT2D eigenvalue weighted by Gasteiger charge is 2.13. The second kappa shape index (κ2) is 4.86. The van der Waals surface area contributed by atoms with E-state index >= 15 is 0 Å². The lowest BCUT2D eigenvalue weighted by atomic mass is 10.2. The SMILES string of the molecule is NC(=O)c1ccc(F)nc1Nc1csc2ncccc12. The minimum absolute atomic E-state index is 0.0982. The van der Waals surface area contributed by atoms with E-state index in [0.29, 0.717) is 5.69 Å². The van der Waals surface area contributed by atoms with Crippen LogP contribution in [0.1, 0.15) is 10.4 Å². The Kier molecular flexibility index (Phi) is 3.03. The predicted octanol–water partition coefficient (Wildman–Crippen LogP) is 2.67. The van der Waals surface area contributed by atoms with Crippen molar-refractivity contribution in [3.05, 3.63) is 47.4 Å². The number of amides is 1. The van der Waals surface area contributed by atoms with E-state index in [2.05, 4.69) is 15.3 Å². The van der Waals surface area contributed by atoms with Gasteiger partial charge in [0.2, 0.25) is 5.95 Å². The smallest absolute Gasteiger partial charge is 0.252 e. The third-order valence-corrected chi connectivity index (χ3v) is 3.63. The number of thiophene rings is 1. The molecule has 0 unspecified atom stereocenters. The van der Waals surface area contributed by atoms with Crippen molar-refractivity contribution in [1.82, 2.24) is 9.97 Å². The zero-order valence-electron chi connectivity index (χ0n) is 10.1. The average Bonchev–Trinajstić information content (AvgIpc) is 2.82. The van der Waals surface area contributed by atoms with Gasteiger partial charge in [-0.05, 0) is 24.3 Å². The third kappa shape index (κ3) is 2.19. The molecule has 0 saturated heterocycles. The van der Waals surface area contributed by atoms with Crippen LogP contribution in [0.25, 0.3) is 10.2 Å². The van der Waals surface area contributed by atoms with Crippen LogP contribution in [0.4, 0.5) is 15.9 Å². The van der Waals surface area contributed by atoms with Gasteiger partial charge >= 0.3 is 0 Å². The Balaban J connectivity index is 2.07. The Morgan fingerprint density at radius 2 is 2.20 bits per heavy atom. The normalized spacial score (nSPS) is 10.7. The number of carbonyl (C=O) groups excluding carboxylic acids is 1. The molecule has 0 aliphatic carbocycles. The maximum Gasteiger partial charge on any atom is 0.252 e. The Hall–Kier alpha value is -2.54. The predicted molar refractivity (Wildman–Crippen MR) is 75.6 cm³/mol. The molecule has 3 N–H and O–H groups in total. The van der Waals surface area contributed by atoms with Crippen molar-refractivity contribution in [2.75, 3.05) is 5.32 Å². The standard InChI is InChI=1S/C13H9FN4OS/c14-10-4-3-8(11(15)19)12(18-10)17-9-6-20-13-7(9)2-1-5-16-13/h1-6H,(H2,15,19)(H,17,18). The van der Waals surface area contributed by atoms with E-state index in [1.54, 1.807) is 12.3 Å². The largest absolute Gasteiger partial charge is 0.365 e. The molecule has 0 atom stereocenters. The van der Waals surface area contributed by atoms with Gasteiger partial charge in [0.15, 0.2) is 0 Å². The van der Waals surface area contributed by atoms with Crippen LogP contribution in [0.15, 0.2) is 35.8 Å². The fourth-order valence-corrected chi connectivity index (χ4v) is 2.66. The van der Waals surface area contributed by atoms with Crippen LogP contribution in [0.2, 0.25) is 0 Å². The van der Waals surface area contributed by atoms with Crippen LogP contribution < -0.4 is 11.1 Å². The Morgan fingerprint density at radius 3 is 3.00 bits per heavy atom. The molecule has 0 aliphatic rings. The maximum atomic E-state index is 13.2. The summed E-state index contributed by atoms with van der Waals surface area (Å²) in [6.45, 7) is 0. The van der Waals surface area contributed by atoms with Gasteiger partial charge in [-0.1, -0.05) is 0 Å². The Morgan fingerprint density at radius 1 is 1.35 bits per heavy atom. The van der Waals surface area contributed by atoms with E-state index in [9.17, 15) is 9.18 Å². The first-order valence-electron chi connectivity index (χ1n) is 5.71. The van der Waals surface area contributed by atoms with E-state index < -0.39 is 11.9 Å². The van der Waals surface area contributed by atoms with Crippen LogP contribution in [-0.4, -0.2) is 15.9 Å². The van der Waals surface area contributed by atoms with Crippen molar-refractivity contribution in [3.8, 4) is 0 Å². The molecule has 0 fully saturated rings. The average molecular weight is 288 g/mol. The molecular formula is C13H9FN4OS. The van der Waals surface area contributed by atoms with Gasteiger partial charge in [-0.2, -0.15) is 4.39 Å². The van der Waals surface area contributed by atoms with Gasteiger partial charge in [0.1, 0.15) is 10.6 Å². The van der Waals surface area contributed by atoms with Crippen molar-refractivity contribution in [1.29, 1.82) is 0 Å². The molecule has 3 aromatic rings. The second-order valence-electron chi connectivity index (χ2n) is 4.02. The number of primary amides is 1. The fourth-order valence-electron chi connectivity index (χ4n) is 1.82. The summed E-state index contributed by atoms with van der Waals surface area (Å²) in [7, 11) is 0. The molecule has 3 heterocycles. The number of aromatic nitrogens is 2. The van der Waals surface area contributed by atoms with Crippen molar-refractivity contribution < 1.29 is 9.18 Å². The molecule has 7 heteroatoms. The van der Waals surface area contributed by atoms with Gasteiger partial charge in [0, 0.05) is 17.0 Å². The minimum Gasteiger partial charge on any atom is -0.365 e. The van der Waals surface area contributed by atoms with Gasteiger partial charge in [0.25, 0.3) is 5.91 Å². The molecule has 0 saturated carbocycles. The molecule has 100 valence electrons. The molecule has 3 aromatic heterocycles. The van der Waals surface area contributed by atoms with E-state index in [0.717, 1.165) is 16.3 Å². The van der Waals surface area contributed by atoms with E-state index in [-0.39, 0.29) is 11.4 Å². The highest BCUT2D eigenvalue weighted by molar-refractivity contribution is 7.17. The number of nitrogens with one attached hydrogen (secondary N) is 1. The number of halogens is 1. The minimum atomic E-state index is -0.685. The molecule has 20 heavy (non-hydrogen) atoms. The van der Waals surface area contributed by atoms with Gasteiger partial charge < -0.3 is 11.1 Å². The first-order chi connectivity index (χ1) is 9.65. The molecular weight excluding hydrogens is 279 g/mol. The van der Waals surface area contributed by atoms with E-state index in [4.69, 9.17) is 5.73 Å². The number of hydrogen-bond donors (Lipinski definition) is 2. The second-order valence-corrected chi connectivity index (χ2v) is 4.88. The summed E-state index contributed by atoms with van der Waals surface area (Å²) in [5.74, 6) is -1.26. The van der Waals surface area contributed by atoms with Crippen molar-refractivity contribution in [2.24, 2.45) is 5.73 Å². The lowest BCUT2D eigenvalue weighted by Crippen LogP contribution is -2.14. The first kappa shape index (κ1) is 12.5. The zero-order valence-corrected chi connectivity index (χ0v) is 10.9. The lowest BCUT2D eigenvalue weighted by molar-refractivity contribution is 0.100. The maximum absolute atomic E-state index is 13.2. The van der Waals surface area contributed by atoms with Crippen LogP contribution in [0, 0.1) is 5.95 Å². The van der Waals surface area contributed by atoms with Crippen molar-refractivity contribution >= 4 is 39.0 Å². The summed E-state index contributed by atoms with van der Waals surface area (Å²) in [5, 5.41) is 5.64. The van der Waals surface area contributed by atoms with Gasteiger partial charge in [-0.3, -0.25) is 4.79 Å². The van der Waals surface area contributed by atoms with Crippen LogP contribution in [0.5, 0.6) is 0 Å². The van der Waals surface area contributed by atoms with Crippen molar-refractivity contribution in [3.63, 3.8) is 0 Å². The topological polar surface area (TPSA) is 80.9 Å². The third-order valence-electron chi connectivity index (χ3n) is 2.73. The number of carbonyl (C=O) groups is 1. The first-order valence-corrected chi connectivity index (χ1v) is 6.58. The number of rotatable bonds is 3. The highest BCUT2D eigenvalue weighted by atomic mass is 32.1. The van der Waals surface area contributed by atoms with Crippen LogP contribution in [0.3, 0.4) is 0 Å². The molecule has 3 rings (SSSR count). The van der Waals surface area contributed by atoms with Crippen LogP contribution in [-0.2, 0) is 0 Å².